The third-order valence-electron chi connectivity index (χ3n) is 3.78. The fraction of sp³-hybridized carbons (Fsp3) is 0.818. The van der Waals surface area contributed by atoms with Gasteiger partial charge in [0.25, 0.3) is 0 Å². The van der Waals surface area contributed by atoms with E-state index in [0.29, 0.717) is 6.04 Å². The zero-order valence-corrected chi connectivity index (χ0v) is 9.98. The Labute approximate surface area is 95.8 Å². The molecule has 1 aromatic heterocycles. The molecule has 1 saturated carbocycles. The first-order chi connectivity index (χ1) is 7.65. The van der Waals surface area contributed by atoms with Crippen molar-refractivity contribution in [3.63, 3.8) is 0 Å². The number of nitrogens with zero attached hydrogens (tertiary/aromatic N) is 3. The maximum Gasteiger partial charge on any atom is 0.0738 e. The molecule has 0 amide bonds. The van der Waals surface area contributed by atoms with Gasteiger partial charge in [0.1, 0.15) is 0 Å². The lowest BCUT2D eigenvalue weighted by molar-refractivity contribution is 0.118. The van der Waals surface area contributed by atoms with Gasteiger partial charge in [-0.25, -0.2) is 0 Å². The van der Waals surface area contributed by atoms with Crippen LogP contribution in [0.4, 0.5) is 0 Å². The van der Waals surface area contributed by atoms with Crippen molar-refractivity contribution >= 4 is 0 Å². The van der Waals surface area contributed by atoms with Gasteiger partial charge in [0.2, 0.25) is 0 Å². The van der Waals surface area contributed by atoms with E-state index in [4.69, 9.17) is 0 Å². The van der Waals surface area contributed by atoms with Gasteiger partial charge in [0.05, 0.1) is 11.9 Å². The predicted molar refractivity (Wildman–Crippen MR) is 60.7 cm³/mol. The van der Waals surface area contributed by atoms with Crippen LogP contribution in [0.3, 0.4) is 0 Å². The molecular weight excluding hydrogens is 204 g/mol. The quantitative estimate of drug-likeness (QED) is 0.779. The third kappa shape index (κ3) is 2.10. The standard InChI is InChI=1S/C11H20N4O/c1-11(8-16)5-3-4-10(11)12-6-9-7-13-14-15(9)2/h7,10,12,16H,3-6,8H2,1-2H3. The van der Waals surface area contributed by atoms with Crippen LogP contribution in [0.15, 0.2) is 6.20 Å². The van der Waals surface area contributed by atoms with E-state index < -0.39 is 0 Å². The number of aromatic nitrogens is 3. The van der Waals surface area contributed by atoms with Crippen LogP contribution in [0.25, 0.3) is 0 Å². The van der Waals surface area contributed by atoms with E-state index in [1.807, 2.05) is 7.05 Å². The van der Waals surface area contributed by atoms with Crippen molar-refractivity contribution in [3.8, 4) is 0 Å². The second-order valence-electron chi connectivity index (χ2n) is 4.99. The minimum atomic E-state index is 0.0338. The molecule has 2 unspecified atom stereocenters. The monoisotopic (exact) mass is 224 g/mol. The molecule has 16 heavy (non-hydrogen) atoms. The topological polar surface area (TPSA) is 63.0 Å². The Morgan fingerprint density at radius 3 is 3.12 bits per heavy atom. The number of aliphatic hydroxyl groups is 1. The lowest BCUT2D eigenvalue weighted by atomic mass is 9.86. The van der Waals surface area contributed by atoms with E-state index in [2.05, 4.69) is 22.6 Å². The first-order valence-electron chi connectivity index (χ1n) is 5.83. The summed E-state index contributed by atoms with van der Waals surface area (Å²) in [6.45, 7) is 3.18. The molecule has 1 fully saturated rings. The Kier molecular flexibility index (Phi) is 3.25. The normalized spacial score (nSPS) is 29.8. The highest BCUT2D eigenvalue weighted by molar-refractivity contribution is 4.97. The van der Waals surface area contributed by atoms with Gasteiger partial charge < -0.3 is 10.4 Å². The second-order valence-corrected chi connectivity index (χ2v) is 4.99. The van der Waals surface area contributed by atoms with E-state index in [9.17, 15) is 5.11 Å². The van der Waals surface area contributed by atoms with Gasteiger partial charge in [-0.05, 0) is 12.8 Å². The van der Waals surface area contributed by atoms with E-state index in [0.717, 1.165) is 25.1 Å². The van der Waals surface area contributed by atoms with Gasteiger partial charge in [-0.3, -0.25) is 4.68 Å². The van der Waals surface area contributed by atoms with Crippen LogP contribution >= 0.6 is 0 Å². The third-order valence-corrected chi connectivity index (χ3v) is 3.78. The molecule has 0 radical (unpaired) electrons. The Bertz CT molecular complexity index is 352. The molecule has 0 bridgehead atoms. The summed E-state index contributed by atoms with van der Waals surface area (Å²) in [6.07, 6.45) is 5.21. The molecule has 0 spiro atoms. The van der Waals surface area contributed by atoms with Crippen LogP contribution < -0.4 is 5.32 Å². The Morgan fingerprint density at radius 2 is 2.50 bits per heavy atom. The van der Waals surface area contributed by atoms with Crippen LogP contribution in [0.5, 0.6) is 0 Å². The molecule has 2 atom stereocenters. The summed E-state index contributed by atoms with van der Waals surface area (Å²) in [5.74, 6) is 0. The maximum atomic E-state index is 9.44. The average molecular weight is 224 g/mol. The molecule has 0 aliphatic heterocycles. The molecule has 1 aromatic rings. The van der Waals surface area contributed by atoms with E-state index in [1.54, 1.807) is 10.9 Å². The number of hydrogen-bond donors (Lipinski definition) is 2. The van der Waals surface area contributed by atoms with E-state index >= 15 is 0 Å². The van der Waals surface area contributed by atoms with Crippen molar-refractivity contribution in [1.82, 2.24) is 20.3 Å². The smallest absolute Gasteiger partial charge is 0.0738 e. The molecule has 1 heterocycles. The Hall–Kier alpha value is -0.940. The highest BCUT2D eigenvalue weighted by Crippen LogP contribution is 2.37. The molecule has 5 nitrogen and oxygen atoms in total. The fourth-order valence-electron chi connectivity index (χ4n) is 2.47. The molecular formula is C11H20N4O. The van der Waals surface area contributed by atoms with E-state index in [-0.39, 0.29) is 12.0 Å². The van der Waals surface area contributed by atoms with Crippen LogP contribution in [0, 0.1) is 5.41 Å². The first kappa shape index (κ1) is 11.5. The highest BCUT2D eigenvalue weighted by Gasteiger charge is 2.37. The SMILES string of the molecule is Cn1nncc1CNC1CCCC1(C)CO. The second kappa shape index (κ2) is 4.51. The summed E-state index contributed by atoms with van der Waals surface area (Å²) in [5, 5.41) is 20.7. The number of hydrogen-bond acceptors (Lipinski definition) is 4. The van der Waals surface area contributed by atoms with Gasteiger partial charge in [0, 0.05) is 31.7 Å². The highest BCUT2D eigenvalue weighted by atomic mass is 16.3. The van der Waals surface area contributed by atoms with Crippen LogP contribution in [0.2, 0.25) is 0 Å². The maximum absolute atomic E-state index is 9.44. The number of aliphatic hydroxyl groups excluding tert-OH is 1. The summed E-state index contributed by atoms with van der Waals surface area (Å²) in [5.41, 5.74) is 1.11. The molecule has 2 rings (SSSR count). The van der Waals surface area contributed by atoms with Crippen molar-refractivity contribution in [1.29, 1.82) is 0 Å². The van der Waals surface area contributed by atoms with Crippen molar-refractivity contribution in [2.75, 3.05) is 6.61 Å². The minimum Gasteiger partial charge on any atom is -0.396 e. The molecule has 0 aromatic carbocycles. The summed E-state index contributed by atoms with van der Waals surface area (Å²) in [7, 11) is 1.89. The average Bonchev–Trinajstić information content (AvgIpc) is 2.83. The molecule has 90 valence electrons. The van der Waals surface area contributed by atoms with Crippen LogP contribution in [-0.2, 0) is 13.6 Å². The summed E-state index contributed by atoms with van der Waals surface area (Å²) in [4.78, 5) is 0. The van der Waals surface area contributed by atoms with Gasteiger partial charge >= 0.3 is 0 Å². The molecule has 1 aliphatic rings. The predicted octanol–water partition coefficient (Wildman–Crippen LogP) is 0.456. The van der Waals surface area contributed by atoms with Crippen molar-refractivity contribution in [3.05, 3.63) is 11.9 Å². The number of nitrogens with one attached hydrogen (secondary N) is 1. The summed E-state index contributed by atoms with van der Waals surface area (Å²) in [6, 6.07) is 0.396. The zero-order valence-electron chi connectivity index (χ0n) is 9.98. The first-order valence-corrected chi connectivity index (χ1v) is 5.83. The fourth-order valence-corrected chi connectivity index (χ4v) is 2.47. The molecule has 0 saturated heterocycles. The van der Waals surface area contributed by atoms with Crippen LogP contribution in [-0.4, -0.2) is 32.7 Å². The summed E-state index contributed by atoms with van der Waals surface area (Å²) < 4.78 is 1.78. The molecule has 1 aliphatic carbocycles. The largest absolute Gasteiger partial charge is 0.396 e. The van der Waals surface area contributed by atoms with Crippen molar-refractivity contribution in [2.45, 2.75) is 38.8 Å². The van der Waals surface area contributed by atoms with Gasteiger partial charge in [-0.1, -0.05) is 18.6 Å². The van der Waals surface area contributed by atoms with Crippen molar-refractivity contribution in [2.24, 2.45) is 12.5 Å². The van der Waals surface area contributed by atoms with Gasteiger partial charge in [-0.2, -0.15) is 0 Å². The summed E-state index contributed by atoms with van der Waals surface area (Å²) >= 11 is 0. The Morgan fingerprint density at radius 1 is 1.69 bits per heavy atom. The molecule has 5 heteroatoms. The minimum absolute atomic E-state index is 0.0338. The number of rotatable bonds is 4. The van der Waals surface area contributed by atoms with Gasteiger partial charge in [0.15, 0.2) is 0 Å². The zero-order chi connectivity index (χ0) is 11.6. The Balaban J connectivity index is 1.93. The number of aryl methyl sites for hydroxylation is 1. The lowest BCUT2D eigenvalue weighted by Crippen LogP contribution is -2.41. The van der Waals surface area contributed by atoms with Gasteiger partial charge in [-0.15, -0.1) is 5.10 Å². The van der Waals surface area contributed by atoms with E-state index in [1.165, 1.54) is 6.42 Å². The molecule has 2 N–H and O–H groups in total. The van der Waals surface area contributed by atoms with Crippen LogP contribution in [0.1, 0.15) is 31.9 Å². The lowest BCUT2D eigenvalue weighted by Gasteiger charge is -2.30. The van der Waals surface area contributed by atoms with Crippen molar-refractivity contribution < 1.29 is 5.11 Å².